The number of fused-ring (bicyclic) bond motifs is 1. The van der Waals surface area contributed by atoms with E-state index in [-0.39, 0.29) is 12.2 Å². The summed E-state index contributed by atoms with van der Waals surface area (Å²) in [6.45, 7) is 1.96. The number of carbonyl (C=O) groups is 1. The number of aromatic nitrogens is 1. The lowest BCUT2D eigenvalue weighted by atomic mass is 10.1. The van der Waals surface area contributed by atoms with Crippen LogP contribution in [0.3, 0.4) is 0 Å². The molecule has 0 spiro atoms. The number of hydrogen-bond acceptors (Lipinski definition) is 3. The molecule has 3 aromatic rings. The zero-order chi connectivity index (χ0) is 14.1. The predicted octanol–water partition coefficient (Wildman–Crippen LogP) is 4.32. The zero-order valence-corrected chi connectivity index (χ0v) is 12.5. The first-order valence-corrected chi connectivity index (χ1v) is 7.06. The molecule has 1 heterocycles. The maximum Gasteiger partial charge on any atom is 0.203 e. The topological polar surface area (TPSA) is 43.1 Å². The summed E-state index contributed by atoms with van der Waals surface area (Å²) in [5, 5.41) is 0. The average molecular weight is 330 g/mol. The van der Waals surface area contributed by atoms with E-state index in [1.165, 1.54) is 0 Å². The molecule has 3 nitrogen and oxygen atoms in total. The number of aryl methyl sites for hydroxylation is 1. The number of hydrogen-bond donors (Lipinski definition) is 0. The van der Waals surface area contributed by atoms with Gasteiger partial charge in [0.1, 0.15) is 5.52 Å². The molecule has 100 valence electrons. The lowest BCUT2D eigenvalue weighted by Crippen LogP contribution is -2.05. The molecule has 0 saturated carbocycles. The monoisotopic (exact) mass is 329 g/mol. The molecule has 3 rings (SSSR count). The molecule has 0 saturated heterocycles. The number of nitrogens with zero attached hydrogens (tertiary/aromatic N) is 1. The van der Waals surface area contributed by atoms with Crippen molar-refractivity contribution >= 4 is 32.8 Å². The van der Waals surface area contributed by atoms with Gasteiger partial charge in [0.25, 0.3) is 0 Å². The van der Waals surface area contributed by atoms with Gasteiger partial charge < -0.3 is 4.42 Å². The first kappa shape index (κ1) is 13.1. The highest BCUT2D eigenvalue weighted by Gasteiger charge is 2.15. The van der Waals surface area contributed by atoms with Crippen LogP contribution < -0.4 is 0 Å². The Morgan fingerprint density at radius 2 is 2.05 bits per heavy atom. The van der Waals surface area contributed by atoms with Crippen LogP contribution in [0.1, 0.15) is 21.8 Å². The minimum Gasteiger partial charge on any atom is -0.440 e. The number of para-hydroxylation sites is 2. The smallest absolute Gasteiger partial charge is 0.203 e. The van der Waals surface area contributed by atoms with Crippen LogP contribution in [-0.2, 0) is 6.42 Å². The Hall–Kier alpha value is -1.94. The number of halogens is 1. The minimum absolute atomic E-state index is 0.00729. The normalized spacial score (nSPS) is 10.9. The third kappa shape index (κ3) is 2.51. The number of benzene rings is 2. The summed E-state index contributed by atoms with van der Waals surface area (Å²) in [5.41, 5.74) is 3.19. The average Bonchev–Trinajstić information content (AvgIpc) is 2.83. The van der Waals surface area contributed by atoms with Crippen LogP contribution >= 0.6 is 15.9 Å². The molecule has 0 fully saturated rings. The Kier molecular flexibility index (Phi) is 3.40. The molecule has 0 amide bonds. The molecule has 0 N–H and O–H groups in total. The summed E-state index contributed by atoms with van der Waals surface area (Å²) in [6.07, 6.45) is 0.163. The van der Waals surface area contributed by atoms with Gasteiger partial charge in [-0.15, -0.1) is 0 Å². The number of Topliss-reactive ketones (excluding diaryl/α,β-unsaturated/α-hetero) is 1. The predicted molar refractivity (Wildman–Crippen MR) is 80.9 cm³/mol. The third-order valence-corrected chi connectivity index (χ3v) is 3.76. The van der Waals surface area contributed by atoms with E-state index in [2.05, 4.69) is 20.9 Å². The van der Waals surface area contributed by atoms with E-state index < -0.39 is 0 Å². The van der Waals surface area contributed by atoms with E-state index in [1.54, 1.807) is 0 Å². The highest BCUT2D eigenvalue weighted by Crippen LogP contribution is 2.21. The SMILES string of the molecule is Cc1ccc(Br)c(C(=O)Cc2nc3ccccc3o2)c1. The third-order valence-electron chi connectivity index (χ3n) is 3.07. The van der Waals surface area contributed by atoms with Gasteiger partial charge in [-0.1, -0.05) is 39.7 Å². The first-order valence-electron chi connectivity index (χ1n) is 6.27. The number of ketones is 1. The molecule has 20 heavy (non-hydrogen) atoms. The van der Waals surface area contributed by atoms with Crippen molar-refractivity contribution in [2.75, 3.05) is 0 Å². The van der Waals surface area contributed by atoms with E-state index in [0.717, 1.165) is 15.6 Å². The lowest BCUT2D eigenvalue weighted by Gasteiger charge is -2.03. The van der Waals surface area contributed by atoms with Crippen LogP contribution in [0.25, 0.3) is 11.1 Å². The molecule has 0 aliphatic heterocycles. The van der Waals surface area contributed by atoms with Gasteiger partial charge in [-0.25, -0.2) is 4.98 Å². The quantitative estimate of drug-likeness (QED) is 0.672. The molecule has 0 radical (unpaired) electrons. The van der Waals surface area contributed by atoms with Gasteiger partial charge in [-0.2, -0.15) is 0 Å². The second kappa shape index (κ2) is 5.21. The van der Waals surface area contributed by atoms with Crippen molar-refractivity contribution in [3.8, 4) is 0 Å². The van der Waals surface area contributed by atoms with Crippen LogP contribution in [0.15, 0.2) is 51.4 Å². The van der Waals surface area contributed by atoms with E-state index in [4.69, 9.17) is 4.42 Å². The fourth-order valence-corrected chi connectivity index (χ4v) is 2.55. The summed E-state index contributed by atoms with van der Waals surface area (Å²) in [6, 6.07) is 13.2. The van der Waals surface area contributed by atoms with Crippen LogP contribution in [0, 0.1) is 6.92 Å². The second-order valence-corrected chi connectivity index (χ2v) is 5.51. The van der Waals surface area contributed by atoms with Crippen molar-refractivity contribution in [2.45, 2.75) is 13.3 Å². The Bertz CT molecular complexity index is 759. The summed E-state index contributed by atoms with van der Waals surface area (Å²) in [4.78, 5) is 16.7. The standard InChI is InChI=1S/C16H12BrNO2/c1-10-6-7-12(17)11(8-10)14(19)9-16-18-13-4-2-3-5-15(13)20-16/h2-8H,9H2,1H3. The molecular weight excluding hydrogens is 318 g/mol. The van der Waals surface area contributed by atoms with Crippen molar-refractivity contribution in [1.29, 1.82) is 0 Å². The van der Waals surface area contributed by atoms with E-state index in [1.807, 2.05) is 49.4 Å². The molecule has 0 aliphatic rings. The van der Waals surface area contributed by atoms with Crippen LogP contribution in [0.4, 0.5) is 0 Å². The lowest BCUT2D eigenvalue weighted by molar-refractivity contribution is 0.0985. The van der Waals surface area contributed by atoms with Crippen molar-refractivity contribution in [2.24, 2.45) is 0 Å². The Balaban J connectivity index is 1.90. The van der Waals surface area contributed by atoms with Crippen molar-refractivity contribution in [3.05, 3.63) is 64.0 Å². The maximum absolute atomic E-state index is 12.3. The van der Waals surface area contributed by atoms with Crippen molar-refractivity contribution in [1.82, 2.24) is 4.98 Å². The van der Waals surface area contributed by atoms with Gasteiger partial charge in [0.2, 0.25) is 5.89 Å². The minimum atomic E-state index is -0.00729. The van der Waals surface area contributed by atoms with E-state index in [9.17, 15) is 4.79 Å². The fraction of sp³-hybridized carbons (Fsp3) is 0.125. The van der Waals surface area contributed by atoms with Gasteiger partial charge in [0, 0.05) is 10.0 Å². The first-order chi connectivity index (χ1) is 9.63. The van der Waals surface area contributed by atoms with Gasteiger partial charge in [-0.3, -0.25) is 4.79 Å². The molecule has 2 aromatic carbocycles. The molecule has 4 heteroatoms. The summed E-state index contributed by atoms with van der Waals surface area (Å²) < 4.78 is 6.38. The van der Waals surface area contributed by atoms with Gasteiger partial charge in [0.15, 0.2) is 11.4 Å². The fourth-order valence-electron chi connectivity index (χ4n) is 2.08. The Morgan fingerprint density at radius 1 is 1.25 bits per heavy atom. The van der Waals surface area contributed by atoms with Crippen LogP contribution in [0.5, 0.6) is 0 Å². The molecule has 0 bridgehead atoms. The number of rotatable bonds is 3. The van der Waals surface area contributed by atoms with E-state index >= 15 is 0 Å². The number of carbonyl (C=O) groups excluding carboxylic acids is 1. The zero-order valence-electron chi connectivity index (χ0n) is 10.9. The number of oxazole rings is 1. The van der Waals surface area contributed by atoms with Gasteiger partial charge in [0.05, 0.1) is 6.42 Å². The molecule has 0 aliphatic carbocycles. The molecular formula is C16H12BrNO2. The van der Waals surface area contributed by atoms with Crippen LogP contribution in [-0.4, -0.2) is 10.8 Å². The highest BCUT2D eigenvalue weighted by atomic mass is 79.9. The summed E-state index contributed by atoms with van der Waals surface area (Å²) in [7, 11) is 0. The molecule has 0 unspecified atom stereocenters. The summed E-state index contributed by atoms with van der Waals surface area (Å²) >= 11 is 3.41. The molecule has 0 atom stereocenters. The van der Waals surface area contributed by atoms with Crippen LogP contribution in [0.2, 0.25) is 0 Å². The Morgan fingerprint density at radius 3 is 2.85 bits per heavy atom. The largest absolute Gasteiger partial charge is 0.440 e. The van der Waals surface area contributed by atoms with Crippen molar-refractivity contribution in [3.63, 3.8) is 0 Å². The van der Waals surface area contributed by atoms with E-state index in [0.29, 0.717) is 17.0 Å². The van der Waals surface area contributed by atoms with Gasteiger partial charge in [-0.05, 0) is 31.2 Å². The summed E-state index contributed by atoms with van der Waals surface area (Å²) in [5.74, 6) is 0.441. The van der Waals surface area contributed by atoms with Gasteiger partial charge >= 0.3 is 0 Å². The Labute approximate surface area is 124 Å². The maximum atomic E-state index is 12.3. The highest BCUT2D eigenvalue weighted by molar-refractivity contribution is 9.10. The van der Waals surface area contributed by atoms with Crippen molar-refractivity contribution < 1.29 is 9.21 Å². The molecule has 1 aromatic heterocycles. The second-order valence-electron chi connectivity index (χ2n) is 4.66.